The van der Waals surface area contributed by atoms with E-state index in [2.05, 4.69) is 0 Å². The minimum atomic E-state index is -0.102. The molecule has 0 atom stereocenters. The second-order valence-corrected chi connectivity index (χ2v) is 6.02. The van der Waals surface area contributed by atoms with E-state index >= 15 is 0 Å². The van der Waals surface area contributed by atoms with Gasteiger partial charge in [-0.1, -0.05) is 11.6 Å². The standard InChI is InChI=1S/C20H19ClO5/c1-4-25-18-9-12(8-16(21)20(18)24-3)7-13-11-26-17-6-5-14(23-2)10-15(17)19(13)22/h5-10H,4,11H2,1-3H3. The van der Waals surface area contributed by atoms with E-state index in [1.54, 1.807) is 43.5 Å². The van der Waals surface area contributed by atoms with Crippen LogP contribution in [0.2, 0.25) is 5.02 Å². The molecule has 1 aliphatic rings. The van der Waals surface area contributed by atoms with Gasteiger partial charge in [0.2, 0.25) is 0 Å². The number of hydrogen-bond acceptors (Lipinski definition) is 5. The number of Topliss-reactive ketones (excluding diaryl/α,β-unsaturated/α-hetero) is 1. The molecule has 0 saturated carbocycles. The zero-order chi connectivity index (χ0) is 18.7. The quantitative estimate of drug-likeness (QED) is 0.725. The summed E-state index contributed by atoms with van der Waals surface area (Å²) in [6.07, 6.45) is 1.75. The molecule has 3 rings (SSSR count). The van der Waals surface area contributed by atoms with E-state index < -0.39 is 0 Å². The number of hydrogen-bond donors (Lipinski definition) is 0. The fourth-order valence-corrected chi connectivity index (χ4v) is 3.07. The van der Waals surface area contributed by atoms with Gasteiger partial charge in [0.15, 0.2) is 17.3 Å². The molecule has 0 saturated heterocycles. The number of halogens is 1. The van der Waals surface area contributed by atoms with E-state index in [0.29, 0.717) is 45.8 Å². The lowest BCUT2D eigenvalue weighted by atomic mass is 9.98. The Morgan fingerprint density at radius 2 is 2.00 bits per heavy atom. The van der Waals surface area contributed by atoms with Crippen LogP contribution in [0.5, 0.6) is 23.0 Å². The van der Waals surface area contributed by atoms with Crippen LogP contribution in [0, 0.1) is 0 Å². The number of carbonyl (C=O) groups is 1. The summed E-state index contributed by atoms with van der Waals surface area (Å²) in [5.41, 5.74) is 1.73. The van der Waals surface area contributed by atoms with Gasteiger partial charge in [-0.25, -0.2) is 0 Å². The zero-order valence-electron chi connectivity index (χ0n) is 14.8. The lowest BCUT2D eigenvalue weighted by Crippen LogP contribution is -2.19. The van der Waals surface area contributed by atoms with Crippen molar-refractivity contribution in [2.75, 3.05) is 27.4 Å². The normalized spacial score (nSPS) is 14.6. The fourth-order valence-electron chi connectivity index (χ4n) is 2.77. The van der Waals surface area contributed by atoms with Crippen LogP contribution in [-0.4, -0.2) is 33.2 Å². The van der Waals surface area contributed by atoms with Gasteiger partial charge >= 0.3 is 0 Å². The molecule has 0 spiro atoms. The maximum atomic E-state index is 12.8. The molecular weight excluding hydrogens is 356 g/mol. The zero-order valence-corrected chi connectivity index (χ0v) is 15.6. The molecule has 0 aromatic heterocycles. The molecule has 2 aromatic carbocycles. The van der Waals surface area contributed by atoms with Crippen LogP contribution in [0.25, 0.3) is 6.08 Å². The van der Waals surface area contributed by atoms with E-state index in [-0.39, 0.29) is 12.4 Å². The van der Waals surface area contributed by atoms with Crippen LogP contribution in [-0.2, 0) is 0 Å². The van der Waals surface area contributed by atoms with Crippen molar-refractivity contribution in [1.29, 1.82) is 0 Å². The van der Waals surface area contributed by atoms with Crippen molar-refractivity contribution in [2.24, 2.45) is 0 Å². The highest BCUT2D eigenvalue weighted by molar-refractivity contribution is 6.32. The first-order chi connectivity index (χ1) is 12.6. The summed E-state index contributed by atoms with van der Waals surface area (Å²) in [7, 11) is 3.09. The highest BCUT2D eigenvalue weighted by Crippen LogP contribution is 2.37. The predicted molar refractivity (Wildman–Crippen MR) is 100.0 cm³/mol. The number of benzene rings is 2. The Hall–Kier alpha value is -2.66. The van der Waals surface area contributed by atoms with E-state index in [1.807, 2.05) is 6.92 Å². The molecule has 2 aromatic rings. The number of methoxy groups -OCH3 is 2. The van der Waals surface area contributed by atoms with Crippen LogP contribution in [0.3, 0.4) is 0 Å². The molecule has 1 heterocycles. The van der Waals surface area contributed by atoms with Gasteiger partial charge in [-0.3, -0.25) is 4.79 Å². The van der Waals surface area contributed by atoms with Gasteiger partial charge in [0.1, 0.15) is 18.1 Å². The Morgan fingerprint density at radius 3 is 2.69 bits per heavy atom. The summed E-state index contributed by atoms with van der Waals surface area (Å²) in [5, 5.41) is 0.413. The van der Waals surface area contributed by atoms with Crippen molar-refractivity contribution in [2.45, 2.75) is 6.92 Å². The molecule has 1 aliphatic heterocycles. The summed E-state index contributed by atoms with van der Waals surface area (Å²) < 4.78 is 21.8. The Balaban J connectivity index is 1.99. The molecule has 0 bridgehead atoms. The van der Waals surface area contributed by atoms with Crippen LogP contribution >= 0.6 is 11.6 Å². The summed E-state index contributed by atoms with van der Waals surface area (Å²) in [5.74, 6) is 2.05. The number of carbonyl (C=O) groups excluding carboxylic acids is 1. The van der Waals surface area contributed by atoms with Gasteiger partial charge in [0.25, 0.3) is 0 Å². The van der Waals surface area contributed by atoms with Gasteiger partial charge in [0.05, 0.1) is 31.4 Å². The molecule has 6 heteroatoms. The average molecular weight is 375 g/mol. The lowest BCUT2D eigenvalue weighted by molar-refractivity contribution is 0.100. The van der Waals surface area contributed by atoms with Crippen molar-refractivity contribution in [3.8, 4) is 23.0 Å². The Morgan fingerprint density at radius 1 is 1.19 bits per heavy atom. The third kappa shape index (κ3) is 3.48. The largest absolute Gasteiger partial charge is 0.497 e. The molecule has 5 nitrogen and oxygen atoms in total. The Labute approximate surface area is 157 Å². The van der Waals surface area contributed by atoms with Gasteiger partial charge in [-0.05, 0) is 48.9 Å². The molecule has 0 radical (unpaired) electrons. The first-order valence-corrected chi connectivity index (χ1v) is 8.51. The monoisotopic (exact) mass is 374 g/mol. The van der Waals surface area contributed by atoms with Gasteiger partial charge in [0, 0.05) is 5.57 Å². The highest BCUT2D eigenvalue weighted by Gasteiger charge is 2.24. The van der Waals surface area contributed by atoms with Crippen molar-refractivity contribution >= 4 is 23.5 Å². The summed E-state index contributed by atoms with van der Waals surface area (Å²) >= 11 is 6.28. The molecule has 26 heavy (non-hydrogen) atoms. The Kier molecular flexibility index (Phi) is 5.38. The topological polar surface area (TPSA) is 54.0 Å². The summed E-state index contributed by atoms with van der Waals surface area (Å²) in [4.78, 5) is 12.8. The van der Waals surface area contributed by atoms with Gasteiger partial charge in [-0.15, -0.1) is 0 Å². The molecule has 0 unspecified atom stereocenters. The maximum Gasteiger partial charge on any atom is 0.196 e. The average Bonchev–Trinajstić information content (AvgIpc) is 2.64. The first kappa shape index (κ1) is 18.1. The van der Waals surface area contributed by atoms with Crippen LogP contribution in [0.4, 0.5) is 0 Å². The van der Waals surface area contributed by atoms with Crippen LogP contribution < -0.4 is 18.9 Å². The van der Waals surface area contributed by atoms with Crippen molar-refractivity contribution in [1.82, 2.24) is 0 Å². The van der Waals surface area contributed by atoms with Crippen molar-refractivity contribution in [3.05, 3.63) is 52.1 Å². The maximum absolute atomic E-state index is 12.8. The number of rotatable bonds is 5. The molecule has 0 amide bonds. The smallest absolute Gasteiger partial charge is 0.196 e. The molecule has 136 valence electrons. The van der Waals surface area contributed by atoms with Gasteiger partial charge in [-0.2, -0.15) is 0 Å². The third-order valence-electron chi connectivity index (χ3n) is 3.98. The van der Waals surface area contributed by atoms with Crippen LogP contribution in [0.15, 0.2) is 35.9 Å². The van der Waals surface area contributed by atoms with Crippen molar-refractivity contribution in [3.63, 3.8) is 0 Å². The molecule has 0 aliphatic carbocycles. The highest BCUT2D eigenvalue weighted by atomic mass is 35.5. The number of fused-ring (bicyclic) bond motifs is 1. The minimum absolute atomic E-state index is 0.102. The molecule has 0 fully saturated rings. The number of ether oxygens (including phenoxy) is 4. The second kappa shape index (κ2) is 7.70. The molecule has 0 N–H and O–H groups in total. The van der Waals surface area contributed by atoms with Crippen LogP contribution in [0.1, 0.15) is 22.8 Å². The van der Waals surface area contributed by atoms with Crippen molar-refractivity contribution < 1.29 is 23.7 Å². The lowest BCUT2D eigenvalue weighted by Gasteiger charge is -2.19. The summed E-state index contributed by atoms with van der Waals surface area (Å²) in [6, 6.07) is 8.69. The SMILES string of the molecule is CCOc1cc(C=C2COc3ccc(OC)cc3C2=O)cc(Cl)c1OC. The predicted octanol–water partition coefficient (Wildman–Crippen LogP) is 4.41. The summed E-state index contributed by atoms with van der Waals surface area (Å²) in [6.45, 7) is 2.54. The third-order valence-corrected chi connectivity index (χ3v) is 4.26. The van der Waals surface area contributed by atoms with E-state index in [4.69, 9.17) is 30.5 Å². The Bertz CT molecular complexity index is 873. The molecular formula is C20H19ClO5. The van der Waals surface area contributed by atoms with E-state index in [9.17, 15) is 4.79 Å². The minimum Gasteiger partial charge on any atom is -0.497 e. The van der Waals surface area contributed by atoms with E-state index in [0.717, 1.165) is 5.56 Å². The van der Waals surface area contributed by atoms with Gasteiger partial charge < -0.3 is 18.9 Å². The number of ketones is 1. The first-order valence-electron chi connectivity index (χ1n) is 8.13. The fraction of sp³-hybridized carbons (Fsp3) is 0.250. The van der Waals surface area contributed by atoms with E-state index in [1.165, 1.54) is 7.11 Å². The second-order valence-electron chi connectivity index (χ2n) is 5.62.